The molecule has 1 saturated carbocycles. The zero-order valence-corrected chi connectivity index (χ0v) is 12.8. The van der Waals surface area contributed by atoms with E-state index in [0.29, 0.717) is 18.7 Å². The molecule has 5 heteroatoms. The molecule has 0 bridgehead atoms. The fourth-order valence-corrected chi connectivity index (χ4v) is 3.23. The molecule has 1 heterocycles. The summed E-state index contributed by atoms with van der Waals surface area (Å²) in [5, 5.41) is 2.91. The molecule has 1 amide bonds. The van der Waals surface area contributed by atoms with Crippen molar-refractivity contribution >= 4 is 21.8 Å². The van der Waals surface area contributed by atoms with Gasteiger partial charge in [0.25, 0.3) is 5.91 Å². The minimum atomic E-state index is -0.356. The number of nitrogens with one attached hydrogen (secondary N) is 1. The number of rotatable bonds is 3. The van der Waals surface area contributed by atoms with Gasteiger partial charge in [0.05, 0.1) is 6.61 Å². The van der Waals surface area contributed by atoms with E-state index in [1.54, 1.807) is 12.1 Å². The lowest BCUT2D eigenvalue weighted by Crippen LogP contribution is -2.35. The highest BCUT2D eigenvalue weighted by Gasteiger charge is 2.43. The first-order valence-corrected chi connectivity index (χ1v) is 7.82. The van der Waals surface area contributed by atoms with Gasteiger partial charge in [-0.3, -0.25) is 4.79 Å². The van der Waals surface area contributed by atoms with Crippen LogP contribution in [-0.2, 0) is 9.47 Å². The van der Waals surface area contributed by atoms with E-state index in [1.165, 1.54) is 0 Å². The number of halogens is 1. The Balaban J connectivity index is 1.51. The Morgan fingerprint density at radius 2 is 2.20 bits per heavy atom. The van der Waals surface area contributed by atoms with E-state index in [-0.39, 0.29) is 17.8 Å². The summed E-state index contributed by atoms with van der Waals surface area (Å²) in [7, 11) is 0. The van der Waals surface area contributed by atoms with Crippen molar-refractivity contribution in [2.45, 2.75) is 37.6 Å². The third kappa shape index (κ3) is 3.05. The van der Waals surface area contributed by atoms with Crippen molar-refractivity contribution < 1.29 is 14.3 Å². The molecule has 1 spiro atoms. The van der Waals surface area contributed by atoms with Gasteiger partial charge < -0.3 is 14.8 Å². The van der Waals surface area contributed by atoms with Crippen LogP contribution < -0.4 is 5.32 Å². The van der Waals surface area contributed by atoms with E-state index in [9.17, 15) is 4.79 Å². The summed E-state index contributed by atoms with van der Waals surface area (Å²) >= 11 is 3.36. The average molecular weight is 340 g/mol. The van der Waals surface area contributed by atoms with Crippen LogP contribution in [0.3, 0.4) is 0 Å². The number of carbonyl (C=O) groups is 1. The highest BCUT2D eigenvalue weighted by molar-refractivity contribution is 9.10. The van der Waals surface area contributed by atoms with Crippen LogP contribution in [0.15, 0.2) is 28.7 Å². The van der Waals surface area contributed by atoms with Gasteiger partial charge in [0.1, 0.15) is 6.10 Å². The summed E-state index contributed by atoms with van der Waals surface area (Å²) in [6.07, 6.45) is 4.24. The molecule has 1 aliphatic carbocycles. The zero-order chi connectivity index (χ0) is 14.0. The van der Waals surface area contributed by atoms with Gasteiger partial charge in [-0.2, -0.15) is 0 Å². The zero-order valence-electron chi connectivity index (χ0n) is 11.2. The Hall–Kier alpha value is -0.910. The minimum absolute atomic E-state index is 0.0378. The molecule has 1 saturated heterocycles. The lowest BCUT2D eigenvalue weighted by molar-refractivity contribution is -0.161. The van der Waals surface area contributed by atoms with Crippen molar-refractivity contribution in [1.29, 1.82) is 0 Å². The predicted octanol–water partition coefficient (Wildman–Crippen LogP) is 2.86. The van der Waals surface area contributed by atoms with E-state index in [2.05, 4.69) is 21.2 Å². The van der Waals surface area contributed by atoms with Gasteiger partial charge in [0.2, 0.25) is 0 Å². The Kier molecular flexibility index (Phi) is 4.10. The fourth-order valence-electron chi connectivity index (χ4n) is 2.83. The van der Waals surface area contributed by atoms with E-state index in [1.807, 2.05) is 12.1 Å². The summed E-state index contributed by atoms with van der Waals surface area (Å²) < 4.78 is 12.7. The van der Waals surface area contributed by atoms with Gasteiger partial charge >= 0.3 is 0 Å². The molecule has 108 valence electrons. The molecule has 2 aliphatic rings. The molecule has 0 unspecified atom stereocenters. The molecule has 4 nitrogen and oxygen atoms in total. The number of ether oxygens (including phenoxy) is 2. The first kappa shape index (κ1) is 14.0. The van der Waals surface area contributed by atoms with Crippen molar-refractivity contribution in [2.24, 2.45) is 0 Å². The second-order valence-electron chi connectivity index (χ2n) is 5.39. The molecule has 3 rings (SSSR count). The molecule has 1 aliphatic heterocycles. The van der Waals surface area contributed by atoms with E-state index >= 15 is 0 Å². The quantitative estimate of drug-likeness (QED) is 0.921. The van der Waals surface area contributed by atoms with Gasteiger partial charge in [-0.1, -0.05) is 22.0 Å². The summed E-state index contributed by atoms with van der Waals surface area (Å²) in [6, 6.07) is 7.35. The third-order valence-electron chi connectivity index (χ3n) is 3.86. The fraction of sp³-hybridized carbons (Fsp3) is 0.533. The van der Waals surface area contributed by atoms with Crippen LogP contribution in [0.5, 0.6) is 0 Å². The standard InChI is InChI=1S/C15H18BrNO3/c16-12-5-3-4-11(8-12)14(18)17-9-13-10-19-15(20-13)6-1-2-7-15/h3-5,8,13H,1-2,6-7,9-10H2,(H,17,18)/t13-/m0/s1. The van der Waals surface area contributed by atoms with Crippen LogP contribution in [0.1, 0.15) is 36.0 Å². The highest BCUT2D eigenvalue weighted by Crippen LogP contribution is 2.38. The van der Waals surface area contributed by atoms with E-state index in [4.69, 9.17) is 9.47 Å². The molecule has 20 heavy (non-hydrogen) atoms. The van der Waals surface area contributed by atoms with Crippen LogP contribution in [0.4, 0.5) is 0 Å². The van der Waals surface area contributed by atoms with Gasteiger partial charge in [-0.15, -0.1) is 0 Å². The second-order valence-corrected chi connectivity index (χ2v) is 6.30. The number of carbonyl (C=O) groups excluding carboxylic acids is 1. The molecular weight excluding hydrogens is 322 g/mol. The summed E-state index contributed by atoms with van der Waals surface area (Å²) in [6.45, 7) is 1.06. The van der Waals surface area contributed by atoms with Gasteiger partial charge in [0.15, 0.2) is 5.79 Å². The van der Waals surface area contributed by atoms with Crippen LogP contribution in [-0.4, -0.2) is 30.9 Å². The molecular formula is C15H18BrNO3. The van der Waals surface area contributed by atoms with Gasteiger partial charge in [0, 0.05) is 29.4 Å². The van der Waals surface area contributed by atoms with Gasteiger partial charge in [-0.05, 0) is 31.0 Å². The maximum absolute atomic E-state index is 12.0. The Labute approximate surface area is 127 Å². The van der Waals surface area contributed by atoms with Crippen molar-refractivity contribution in [1.82, 2.24) is 5.32 Å². The van der Waals surface area contributed by atoms with Crippen molar-refractivity contribution in [3.05, 3.63) is 34.3 Å². The Morgan fingerprint density at radius 1 is 1.40 bits per heavy atom. The number of hydrogen-bond acceptors (Lipinski definition) is 3. The average Bonchev–Trinajstić information content (AvgIpc) is 3.07. The highest BCUT2D eigenvalue weighted by atomic mass is 79.9. The van der Waals surface area contributed by atoms with Gasteiger partial charge in [-0.25, -0.2) is 0 Å². The maximum atomic E-state index is 12.0. The van der Waals surface area contributed by atoms with Crippen LogP contribution in [0, 0.1) is 0 Å². The van der Waals surface area contributed by atoms with Crippen LogP contribution >= 0.6 is 15.9 Å². The third-order valence-corrected chi connectivity index (χ3v) is 4.35. The molecule has 0 aromatic heterocycles. The molecule has 0 radical (unpaired) electrons. The monoisotopic (exact) mass is 339 g/mol. The van der Waals surface area contributed by atoms with Crippen LogP contribution in [0.25, 0.3) is 0 Å². The lowest BCUT2D eigenvalue weighted by Gasteiger charge is -2.21. The number of benzene rings is 1. The molecule has 2 fully saturated rings. The first-order chi connectivity index (χ1) is 9.67. The van der Waals surface area contributed by atoms with Crippen molar-refractivity contribution in [3.63, 3.8) is 0 Å². The van der Waals surface area contributed by atoms with Crippen molar-refractivity contribution in [2.75, 3.05) is 13.2 Å². The number of hydrogen-bond donors (Lipinski definition) is 1. The normalized spacial score (nSPS) is 24.1. The Bertz CT molecular complexity index is 500. The predicted molar refractivity (Wildman–Crippen MR) is 78.5 cm³/mol. The summed E-state index contributed by atoms with van der Waals surface area (Å²) in [5.41, 5.74) is 0.647. The largest absolute Gasteiger partial charge is 0.349 e. The molecule has 1 aromatic carbocycles. The SMILES string of the molecule is O=C(NC[C@H]1COC2(CCCC2)O1)c1cccc(Br)c1. The Morgan fingerprint density at radius 3 is 2.95 bits per heavy atom. The minimum Gasteiger partial charge on any atom is -0.349 e. The molecule has 1 atom stereocenters. The first-order valence-electron chi connectivity index (χ1n) is 7.02. The van der Waals surface area contributed by atoms with Crippen LogP contribution in [0.2, 0.25) is 0 Å². The topological polar surface area (TPSA) is 47.6 Å². The van der Waals surface area contributed by atoms with E-state index < -0.39 is 0 Å². The summed E-state index contributed by atoms with van der Waals surface area (Å²) in [5.74, 6) is -0.437. The second kappa shape index (κ2) is 5.84. The molecule has 1 N–H and O–H groups in total. The maximum Gasteiger partial charge on any atom is 0.251 e. The number of amides is 1. The van der Waals surface area contributed by atoms with Crippen molar-refractivity contribution in [3.8, 4) is 0 Å². The summed E-state index contributed by atoms with van der Waals surface area (Å²) in [4.78, 5) is 12.0. The van der Waals surface area contributed by atoms with E-state index in [0.717, 1.165) is 30.2 Å². The lowest BCUT2D eigenvalue weighted by atomic mass is 10.2. The smallest absolute Gasteiger partial charge is 0.251 e. The molecule has 1 aromatic rings.